The van der Waals surface area contributed by atoms with Crippen LogP contribution in [0.3, 0.4) is 0 Å². The van der Waals surface area contributed by atoms with E-state index in [9.17, 15) is 0 Å². The van der Waals surface area contributed by atoms with Gasteiger partial charge in [0.2, 0.25) is 0 Å². The predicted molar refractivity (Wildman–Crippen MR) is 93.2 cm³/mol. The van der Waals surface area contributed by atoms with Gasteiger partial charge in [0.05, 0.1) is 20.8 Å². The van der Waals surface area contributed by atoms with Gasteiger partial charge in [0, 0.05) is 24.7 Å². The van der Waals surface area contributed by atoms with Crippen molar-refractivity contribution >= 4 is 29.9 Å². The van der Waals surface area contributed by atoms with Crippen LogP contribution in [-0.4, -0.2) is 38.2 Å². The minimum Gasteiger partial charge on any atom is -0.497 e. The summed E-state index contributed by atoms with van der Waals surface area (Å²) in [5.74, 6) is 2.08. The molecule has 0 bridgehead atoms. The Hall–Kier alpha value is -1.18. The summed E-state index contributed by atoms with van der Waals surface area (Å²) in [6.45, 7) is 6.31. The maximum Gasteiger partial charge on any atom is 0.191 e. The first-order valence-electron chi connectivity index (χ1n) is 6.42. The summed E-state index contributed by atoms with van der Waals surface area (Å²) in [7, 11) is 3.26. The summed E-state index contributed by atoms with van der Waals surface area (Å²) in [5.41, 5.74) is 6.93. The molecular weight excluding hydrogens is 369 g/mol. The normalized spacial score (nSPS) is 10.7. The zero-order valence-corrected chi connectivity index (χ0v) is 14.9. The second kappa shape index (κ2) is 9.68. The molecule has 0 saturated carbocycles. The standard InChI is InChI=1S/C14H23N3O2.HI/c1-5-17(6-2)14(15)16-10-11-7-8-12(18-3)9-13(11)19-4;/h7-9H,5-6,10H2,1-4H3,(H2,15,16);1H. The van der Waals surface area contributed by atoms with E-state index in [1.807, 2.05) is 23.1 Å². The highest BCUT2D eigenvalue weighted by Gasteiger charge is 2.06. The fourth-order valence-corrected chi connectivity index (χ4v) is 1.80. The lowest BCUT2D eigenvalue weighted by Crippen LogP contribution is -2.37. The van der Waals surface area contributed by atoms with Crippen LogP contribution < -0.4 is 15.2 Å². The van der Waals surface area contributed by atoms with E-state index in [1.165, 1.54) is 0 Å². The third kappa shape index (κ3) is 5.07. The molecule has 0 fully saturated rings. The van der Waals surface area contributed by atoms with Crippen molar-refractivity contribution in [1.82, 2.24) is 4.90 Å². The van der Waals surface area contributed by atoms with Gasteiger partial charge in [-0.1, -0.05) is 0 Å². The van der Waals surface area contributed by atoms with Gasteiger partial charge in [-0.15, -0.1) is 24.0 Å². The molecule has 0 aliphatic rings. The summed E-state index contributed by atoms with van der Waals surface area (Å²) in [4.78, 5) is 6.41. The SMILES string of the molecule is CCN(CC)C(N)=NCc1ccc(OC)cc1OC.I. The van der Waals surface area contributed by atoms with Gasteiger partial charge in [-0.2, -0.15) is 0 Å². The molecule has 0 atom stereocenters. The van der Waals surface area contributed by atoms with Gasteiger partial charge >= 0.3 is 0 Å². The second-order valence-corrected chi connectivity index (χ2v) is 4.02. The van der Waals surface area contributed by atoms with E-state index in [-0.39, 0.29) is 24.0 Å². The molecule has 0 radical (unpaired) electrons. The van der Waals surface area contributed by atoms with Crippen molar-refractivity contribution in [1.29, 1.82) is 0 Å². The van der Waals surface area contributed by atoms with Crippen molar-refractivity contribution in [2.24, 2.45) is 10.7 Å². The number of aliphatic imine (C=N–C) groups is 1. The van der Waals surface area contributed by atoms with E-state index in [1.54, 1.807) is 14.2 Å². The summed E-state index contributed by atoms with van der Waals surface area (Å²) >= 11 is 0. The van der Waals surface area contributed by atoms with Crippen LogP contribution >= 0.6 is 24.0 Å². The largest absolute Gasteiger partial charge is 0.497 e. The Labute approximate surface area is 138 Å². The minimum absolute atomic E-state index is 0. The van der Waals surface area contributed by atoms with Gasteiger partial charge < -0.3 is 20.1 Å². The smallest absolute Gasteiger partial charge is 0.191 e. The van der Waals surface area contributed by atoms with E-state index in [2.05, 4.69) is 18.8 Å². The molecule has 114 valence electrons. The monoisotopic (exact) mass is 393 g/mol. The Balaban J connectivity index is 0.00000361. The number of nitrogens with zero attached hydrogens (tertiary/aromatic N) is 2. The highest BCUT2D eigenvalue weighted by molar-refractivity contribution is 14.0. The lowest BCUT2D eigenvalue weighted by atomic mass is 10.2. The molecule has 0 saturated heterocycles. The quantitative estimate of drug-likeness (QED) is 0.458. The van der Waals surface area contributed by atoms with Crippen molar-refractivity contribution < 1.29 is 9.47 Å². The maximum absolute atomic E-state index is 5.94. The number of benzene rings is 1. The Kier molecular flexibility index (Phi) is 9.11. The molecule has 2 N–H and O–H groups in total. The molecule has 0 amide bonds. The van der Waals surface area contributed by atoms with Crippen molar-refractivity contribution in [2.45, 2.75) is 20.4 Å². The Morgan fingerprint density at radius 1 is 1.20 bits per heavy atom. The van der Waals surface area contributed by atoms with E-state index < -0.39 is 0 Å². The minimum atomic E-state index is 0. The fraction of sp³-hybridized carbons (Fsp3) is 0.500. The molecular formula is C14H24IN3O2. The lowest BCUT2D eigenvalue weighted by molar-refractivity contribution is 0.391. The molecule has 0 unspecified atom stereocenters. The number of methoxy groups -OCH3 is 2. The first-order valence-corrected chi connectivity index (χ1v) is 6.42. The average molecular weight is 393 g/mol. The second-order valence-electron chi connectivity index (χ2n) is 4.02. The zero-order chi connectivity index (χ0) is 14.3. The van der Waals surface area contributed by atoms with Crippen LogP contribution in [0, 0.1) is 0 Å². The summed E-state index contributed by atoms with van der Waals surface area (Å²) in [5, 5.41) is 0. The van der Waals surface area contributed by atoms with Crippen molar-refractivity contribution in [3.05, 3.63) is 23.8 Å². The molecule has 0 heterocycles. The first kappa shape index (κ1) is 18.8. The molecule has 0 aromatic heterocycles. The van der Waals surface area contributed by atoms with E-state index >= 15 is 0 Å². The van der Waals surface area contributed by atoms with Gasteiger partial charge in [-0.05, 0) is 26.0 Å². The van der Waals surface area contributed by atoms with Crippen LogP contribution in [0.15, 0.2) is 23.2 Å². The van der Waals surface area contributed by atoms with E-state index in [0.29, 0.717) is 12.5 Å². The third-order valence-electron chi connectivity index (χ3n) is 2.99. The number of nitrogens with two attached hydrogens (primary N) is 1. The number of halogens is 1. The van der Waals surface area contributed by atoms with Crippen LogP contribution in [0.25, 0.3) is 0 Å². The molecule has 6 heteroatoms. The van der Waals surface area contributed by atoms with Gasteiger partial charge in [0.15, 0.2) is 5.96 Å². The zero-order valence-electron chi connectivity index (χ0n) is 12.5. The van der Waals surface area contributed by atoms with Crippen LogP contribution in [0.4, 0.5) is 0 Å². The molecule has 1 aromatic rings. The van der Waals surface area contributed by atoms with Gasteiger partial charge in [0.25, 0.3) is 0 Å². The van der Waals surface area contributed by atoms with Crippen LogP contribution in [-0.2, 0) is 6.54 Å². The lowest BCUT2D eigenvalue weighted by Gasteiger charge is -2.19. The summed E-state index contributed by atoms with van der Waals surface area (Å²) in [6.07, 6.45) is 0. The molecule has 1 rings (SSSR count). The van der Waals surface area contributed by atoms with Crippen molar-refractivity contribution in [2.75, 3.05) is 27.3 Å². The van der Waals surface area contributed by atoms with E-state index in [0.717, 1.165) is 30.2 Å². The topological polar surface area (TPSA) is 60.1 Å². The molecule has 0 aliphatic heterocycles. The van der Waals surface area contributed by atoms with Crippen LogP contribution in [0.1, 0.15) is 19.4 Å². The van der Waals surface area contributed by atoms with Gasteiger partial charge in [-0.25, -0.2) is 4.99 Å². The van der Waals surface area contributed by atoms with Crippen molar-refractivity contribution in [3.8, 4) is 11.5 Å². The Morgan fingerprint density at radius 2 is 1.85 bits per heavy atom. The first-order chi connectivity index (χ1) is 9.15. The molecule has 5 nitrogen and oxygen atoms in total. The van der Waals surface area contributed by atoms with Crippen molar-refractivity contribution in [3.63, 3.8) is 0 Å². The Bertz CT molecular complexity index is 434. The van der Waals surface area contributed by atoms with E-state index in [4.69, 9.17) is 15.2 Å². The van der Waals surface area contributed by atoms with Crippen LogP contribution in [0.2, 0.25) is 0 Å². The fourth-order valence-electron chi connectivity index (χ4n) is 1.80. The number of hydrogen-bond donors (Lipinski definition) is 1. The molecule has 0 spiro atoms. The number of ether oxygens (including phenoxy) is 2. The number of hydrogen-bond acceptors (Lipinski definition) is 3. The molecule has 1 aromatic carbocycles. The third-order valence-corrected chi connectivity index (χ3v) is 2.99. The highest BCUT2D eigenvalue weighted by atomic mass is 127. The van der Waals surface area contributed by atoms with Crippen LogP contribution in [0.5, 0.6) is 11.5 Å². The average Bonchev–Trinajstić information content (AvgIpc) is 2.46. The number of guanidine groups is 1. The predicted octanol–water partition coefficient (Wildman–Crippen LogP) is 2.48. The van der Waals surface area contributed by atoms with Gasteiger partial charge in [0.1, 0.15) is 11.5 Å². The molecule has 0 aliphatic carbocycles. The van der Waals surface area contributed by atoms with Gasteiger partial charge in [-0.3, -0.25) is 0 Å². The Morgan fingerprint density at radius 3 is 2.35 bits per heavy atom. The summed E-state index contributed by atoms with van der Waals surface area (Å²) < 4.78 is 10.5. The molecule has 20 heavy (non-hydrogen) atoms. The summed E-state index contributed by atoms with van der Waals surface area (Å²) in [6, 6.07) is 5.68. The maximum atomic E-state index is 5.94. The highest BCUT2D eigenvalue weighted by Crippen LogP contribution is 2.25. The number of rotatable bonds is 6.